The van der Waals surface area contributed by atoms with Crippen molar-refractivity contribution >= 4 is 28.0 Å². The first-order valence-corrected chi connectivity index (χ1v) is 12.4. The number of aliphatic carboxylic acids is 1. The van der Waals surface area contributed by atoms with Crippen LogP contribution in [0, 0.1) is 11.2 Å². The second kappa shape index (κ2) is 8.45. The third-order valence-electron chi connectivity index (χ3n) is 8.13. The van der Waals surface area contributed by atoms with Gasteiger partial charge in [-0.2, -0.15) is 5.10 Å². The number of H-pyrrole nitrogens is 1. The zero-order valence-corrected chi connectivity index (χ0v) is 19.8. The van der Waals surface area contributed by atoms with Gasteiger partial charge in [0.1, 0.15) is 5.82 Å². The minimum absolute atomic E-state index is 0.206. The lowest BCUT2D eigenvalue weighted by molar-refractivity contribution is -0.149. The van der Waals surface area contributed by atoms with Crippen molar-refractivity contribution < 1.29 is 19.0 Å². The molecule has 2 fully saturated rings. The van der Waals surface area contributed by atoms with Crippen LogP contribution in [0.15, 0.2) is 36.5 Å². The number of halogens is 1. The third kappa shape index (κ3) is 3.71. The maximum Gasteiger partial charge on any atom is 0.309 e. The fourth-order valence-corrected chi connectivity index (χ4v) is 6.01. The van der Waals surface area contributed by atoms with Crippen LogP contribution < -0.4 is 0 Å². The predicted octanol–water partition coefficient (Wildman–Crippen LogP) is 5.68. The molecular formula is C27H29FN4O3. The van der Waals surface area contributed by atoms with Crippen molar-refractivity contribution in [3.05, 3.63) is 53.6 Å². The van der Waals surface area contributed by atoms with Gasteiger partial charge in [-0.3, -0.25) is 9.89 Å². The monoisotopic (exact) mass is 476 g/mol. The van der Waals surface area contributed by atoms with E-state index in [1.54, 1.807) is 6.20 Å². The molecule has 1 aromatic carbocycles. The molecule has 1 aliphatic carbocycles. The molecule has 0 unspecified atom stereocenters. The summed E-state index contributed by atoms with van der Waals surface area (Å²) in [6.45, 7) is 3.27. The molecule has 2 aliphatic rings. The van der Waals surface area contributed by atoms with E-state index in [1.807, 2.05) is 19.1 Å². The molecule has 0 spiro atoms. The highest BCUT2D eigenvalue weighted by Crippen LogP contribution is 2.49. The topological polar surface area (TPSA) is 93.0 Å². The van der Waals surface area contributed by atoms with Crippen LogP contribution in [0.25, 0.3) is 27.8 Å². The summed E-state index contributed by atoms with van der Waals surface area (Å²) in [6.07, 6.45) is 6.45. The molecule has 0 amide bonds. The minimum Gasteiger partial charge on any atom is -0.481 e. The van der Waals surface area contributed by atoms with Gasteiger partial charge in [0.15, 0.2) is 5.65 Å². The molecule has 7 nitrogen and oxygen atoms in total. The zero-order chi connectivity index (χ0) is 24.2. The molecule has 2 N–H and O–H groups in total. The molecular weight excluding hydrogens is 447 g/mol. The fraction of sp³-hybridized carbons (Fsp3) is 0.444. The highest BCUT2D eigenvalue weighted by molar-refractivity contribution is 5.93. The number of aromatic amines is 1. The molecule has 1 saturated heterocycles. The number of rotatable bonds is 4. The second-order valence-corrected chi connectivity index (χ2v) is 10.3. The SMILES string of the molecule is C[C@]1(C(=O)O)CC[C@H](c2c(C3CCOCC3)n(-c3ccc(F)cc3)c3cc4cn[nH]c4nc32)CC1. The summed E-state index contributed by atoms with van der Waals surface area (Å²) in [5, 5.41) is 17.9. The van der Waals surface area contributed by atoms with Gasteiger partial charge in [0.25, 0.3) is 0 Å². The van der Waals surface area contributed by atoms with Crippen LogP contribution in [0.1, 0.15) is 68.5 Å². The van der Waals surface area contributed by atoms with Crippen LogP contribution in [0.5, 0.6) is 0 Å². The fourth-order valence-electron chi connectivity index (χ4n) is 6.01. The number of pyridine rings is 1. The number of carboxylic acids is 1. The van der Waals surface area contributed by atoms with E-state index in [9.17, 15) is 14.3 Å². The van der Waals surface area contributed by atoms with E-state index in [-0.39, 0.29) is 17.7 Å². The number of carboxylic acid groups (broad SMARTS) is 1. The van der Waals surface area contributed by atoms with Gasteiger partial charge in [-0.15, -0.1) is 0 Å². The van der Waals surface area contributed by atoms with Gasteiger partial charge < -0.3 is 14.4 Å². The number of hydrogen-bond acceptors (Lipinski definition) is 4. The lowest BCUT2D eigenvalue weighted by Crippen LogP contribution is -2.32. The van der Waals surface area contributed by atoms with Crippen LogP contribution in [-0.2, 0) is 9.53 Å². The Labute approximate surface area is 202 Å². The Hall–Kier alpha value is -3.26. The number of fused-ring (bicyclic) bond motifs is 2. The van der Waals surface area contributed by atoms with Gasteiger partial charge in [0.05, 0.1) is 22.6 Å². The van der Waals surface area contributed by atoms with E-state index in [2.05, 4.69) is 20.8 Å². The summed E-state index contributed by atoms with van der Waals surface area (Å²) in [5.41, 5.74) is 5.28. The first-order chi connectivity index (χ1) is 16.9. The van der Waals surface area contributed by atoms with Gasteiger partial charge in [-0.25, -0.2) is 9.37 Å². The van der Waals surface area contributed by atoms with Gasteiger partial charge in [-0.05, 0) is 81.7 Å². The van der Waals surface area contributed by atoms with E-state index in [0.29, 0.717) is 26.1 Å². The normalized spacial score (nSPS) is 23.8. The van der Waals surface area contributed by atoms with Gasteiger partial charge in [0, 0.05) is 41.5 Å². The van der Waals surface area contributed by atoms with Crippen molar-refractivity contribution in [1.29, 1.82) is 0 Å². The number of nitrogens with one attached hydrogen (secondary N) is 1. The molecule has 6 rings (SSSR count). The molecule has 8 heteroatoms. The number of ether oxygens (including phenoxy) is 1. The molecule has 182 valence electrons. The average Bonchev–Trinajstić information content (AvgIpc) is 3.46. The Kier molecular flexibility index (Phi) is 5.36. The largest absolute Gasteiger partial charge is 0.481 e. The van der Waals surface area contributed by atoms with Crippen molar-refractivity contribution in [2.75, 3.05) is 13.2 Å². The third-order valence-corrected chi connectivity index (χ3v) is 8.13. The number of aromatic nitrogens is 4. The minimum atomic E-state index is -0.716. The van der Waals surface area contributed by atoms with Crippen molar-refractivity contribution in [3.8, 4) is 5.69 Å². The molecule has 0 atom stereocenters. The summed E-state index contributed by atoms with van der Waals surface area (Å²) in [6, 6.07) is 8.75. The zero-order valence-electron chi connectivity index (χ0n) is 19.8. The molecule has 1 aliphatic heterocycles. The molecule has 4 aromatic rings. The molecule has 3 aromatic heterocycles. The van der Waals surface area contributed by atoms with E-state index in [0.717, 1.165) is 53.4 Å². The smallest absolute Gasteiger partial charge is 0.309 e. The predicted molar refractivity (Wildman–Crippen MR) is 130 cm³/mol. The molecule has 0 bridgehead atoms. The Morgan fingerprint density at radius 1 is 1.14 bits per heavy atom. The summed E-state index contributed by atoms with van der Waals surface area (Å²) in [7, 11) is 0. The summed E-state index contributed by atoms with van der Waals surface area (Å²) < 4.78 is 21.8. The lowest BCUT2D eigenvalue weighted by Gasteiger charge is -2.35. The van der Waals surface area contributed by atoms with E-state index in [4.69, 9.17) is 9.72 Å². The van der Waals surface area contributed by atoms with Crippen molar-refractivity contribution in [1.82, 2.24) is 19.7 Å². The van der Waals surface area contributed by atoms with Crippen LogP contribution >= 0.6 is 0 Å². The highest BCUT2D eigenvalue weighted by atomic mass is 19.1. The Bertz CT molecular complexity index is 1390. The van der Waals surface area contributed by atoms with E-state index in [1.165, 1.54) is 23.4 Å². The maximum atomic E-state index is 13.9. The number of benzene rings is 1. The number of hydrogen-bond donors (Lipinski definition) is 2. The second-order valence-electron chi connectivity index (χ2n) is 10.3. The van der Waals surface area contributed by atoms with Crippen molar-refractivity contribution in [2.45, 2.75) is 57.3 Å². The van der Waals surface area contributed by atoms with Crippen LogP contribution in [0.4, 0.5) is 4.39 Å². The highest BCUT2D eigenvalue weighted by Gasteiger charge is 2.40. The number of carbonyl (C=O) groups is 1. The average molecular weight is 477 g/mol. The van der Waals surface area contributed by atoms with Crippen molar-refractivity contribution in [3.63, 3.8) is 0 Å². The lowest BCUT2D eigenvalue weighted by atomic mass is 9.69. The first-order valence-electron chi connectivity index (χ1n) is 12.4. The van der Waals surface area contributed by atoms with E-state index >= 15 is 0 Å². The van der Waals surface area contributed by atoms with Gasteiger partial charge in [0.2, 0.25) is 0 Å². The summed E-state index contributed by atoms with van der Waals surface area (Å²) in [5.74, 6) is -0.500. The molecule has 1 saturated carbocycles. The van der Waals surface area contributed by atoms with E-state index < -0.39 is 11.4 Å². The van der Waals surface area contributed by atoms with Gasteiger partial charge in [-0.1, -0.05) is 0 Å². The Morgan fingerprint density at radius 2 is 1.86 bits per heavy atom. The van der Waals surface area contributed by atoms with Gasteiger partial charge >= 0.3 is 5.97 Å². The maximum absolute atomic E-state index is 13.9. The van der Waals surface area contributed by atoms with Crippen LogP contribution in [0.3, 0.4) is 0 Å². The Balaban J connectivity index is 1.60. The molecule has 4 heterocycles. The van der Waals surface area contributed by atoms with Crippen LogP contribution in [-0.4, -0.2) is 44.0 Å². The summed E-state index contributed by atoms with van der Waals surface area (Å²) >= 11 is 0. The first kappa shape index (κ1) is 22.2. The Morgan fingerprint density at radius 3 is 2.54 bits per heavy atom. The number of nitrogens with zero attached hydrogens (tertiary/aromatic N) is 3. The quantitative estimate of drug-likeness (QED) is 0.395. The molecule has 0 radical (unpaired) electrons. The molecule has 35 heavy (non-hydrogen) atoms. The van der Waals surface area contributed by atoms with Crippen LogP contribution in [0.2, 0.25) is 0 Å². The standard InChI is InChI=1S/C27H29FN4O3/c1-27(26(33)34)10-6-16(7-11-27)22-23-21(14-18-15-29-31-25(18)30-23)32(20-4-2-19(28)3-5-20)24(22)17-8-12-35-13-9-17/h2-5,14-17H,6-13H2,1H3,(H,33,34)(H,29,30,31)/t16-,27-. The van der Waals surface area contributed by atoms with Crippen molar-refractivity contribution in [2.24, 2.45) is 5.41 Å². The summed E-state index contributed by atoms with van der Waals surface area (Å²) in [4.78, 5) is 17.0.